The molecule has 1 aromatic carbocycles. The molecule has 23 heavy (non-hydrogen) atoms. The van der Waals surface area contributed by atoms with E-state index in [4.69, 9.17) is 0 Å². The molecule has 3 N–H and O–H groups in total. The zero-order valence-corrected chi connectivity index (χ0v) is 14.2. The van der Waals surface area contributed by atoms with Crippen LogP contribution in [0.2, 0.25) is 0 Å². The van der Waals surface area contributed by atoms with Gasteiger partial charge in [-0.3, -0.25) is 0 Å². The molecular weight excluding hydrogens is 290 g/mol. The van der Waals surface area contributed by atoms with Gasteiger partial charge in [-0.25, -0.2) is 4.79 Å². The van der Waals surface area contributed by atoms with E-state index in [0.29, 0.717) is 18.6 Å². The van der Waals surface area contributed by atoms with E-state index in [1.54, 1.807) is 12.1 Å². The third-order valence-electron chi connectivity index (χ3n) is 4.46. The highest BCUT2D eigenvalue weighted by atomic mass is 16.3. The Labute approximate surface area is 139 Å². The van der Waals surface area contributed by atoms with E-state index in [0.717, 1.165) is 38.8 Å². The van der Waals surface area contributed by atoms with Crippen LogP contribution in [0.5, 0.6) is 5.75 Å². The van der Waals surface area contributed by atoms with Gasteiger partial charge >= 0.3 is 6.03 Å². The Bertz CT molecular complexity index is 480. The van der Waals surface area contributed by atoms with Gasteiger partial charge in [-0.1, -0.05) is 12.1 Å². The van der Waals surface area contributed by atoms with Crippen molar-refractivity contribution in [2.75, 3.05) is 19.6 Å². The molecule has 0 spiro atoms. The van der Waals surface area contributed by atoms with Gasteiger partial charge in [0.2, 0.25) is 0 Å². The SMILES string of the molecule is CC(C)N1CCC(NC(=O)NCCCc2ccc(O)cc2)CC1. The largest absolute Gasteiger partial charge is 0.508 e. The number of rotatable bonds is 6. The molecule has 1 fully saturated rings. The summed E-state index contributed by atoms with van der Waals surface area (Å²) in [4.78, 5) is 14.4. The Hall–Kier alpha value is -1.75. The van der Waals surface area contributed by atoms with E-state index < -0.39 is 0 Å². The number of nitrogens with zero attached hydrogens (tertiary/aromatic N) is 1. The molecule has 1 aromatic rings. The van der Waals surface area contributed by atoms with Crippen LogP contribution in [0, 0.1) is 0 Å². The first kappa shape index (κ1) is 17.6. The van der Waals surface area contributed by atoms with Crippen LogP contribution in [0.4, 0.5) is 4.79 Å². The monoisotopic (exact) mass is 319 g/mol. The number of likely N-dealkylation sites (tertiary alicyclic amines) is 1. The lowest BCUT2D eigenvalue weighted by Crippen LogP contribution is -2.49. The Balaban J connectivity index is 1.58. The van der Waals surface area contributed by atoms with Crippen molar-refractivity contribution in [1.29, 1.82) is 0 Å². The van der Waals surface area contributed by atoms with E-state index in [9.17, 15) is 9.90 Å². The van der Waals surface area contributed by atoms with Crippen LogP contribution < -0.4 is 10.6 Å². The van der Waals surface area contributed by atoms with Crippen LogP contribution in [0.25, 0.3) is 0 Å². The molecular formula is C18H29N3O2. The molecule has 1 aliphatic rings. The van der Waals surface area contributed by atoms with Gasteiger partial charge in [0.05, 0.1) is 0 Å². The van der Waals surface area contributed by atoms with Crippen molar-refractivity contribution in [1.82, 2.24) is 15.5 Å². The second kappa shape index (κ2) is 8.77. The van der Waals surface area contributed by atoms with Gasteiger partial charge in [-0.2, -0.15) is 0 Å². The average Bonchev–Trinajstić information content (AvgIpc) is 2.54. The summed E-state index contributed by atoms with van der Waals surface area (Å²) in [6.45, 7) is 7.22. The standard InChI is InChI=1S/C18H29N3O2/c1-14(2)21-12-9-16(10-13-21)20-18(23)19-11-3-4-15-5-7-17(22)8-6-15/h5-8,14,16,22H,3-4,9-13H2,1-2H3,(H2,19,20,23). The van der Waals surface area contributed by atoms with Crippen molar-refractivity contribution in [3.8, 4) is 5.75 Å². The van der Waals surface area contributed by atoms with Gasteiger partial charge in [0, 0.05) is 31.7 Å². The van der Waals surface area contributed by atoms with Crippen molar-refractivity contribution in [3.05, 3.63) is 29.8 Å². The number of piperidine rings is 1. The number of carbonyl (C=O) groups is 1. The van der Waals surface area contributed by atoms with Gasteiger partial charge in [0.25, 0.3) is 0 Å². The van der Waals surface area contributed by atoms with Crippen molar-refractivity contribution >= 4 is 6.03 Å². The lowest BCUT2D eigenvalue weighted by atomic mass is 10.0. The number of benzene rings is 1. The second-order valence-electron chi connectivity index (χ2n) is 6.57. The topological polar surface area (TPSA) is 64.6 Å². The van der Waals surface area contributed by atoms with Gasteiger partial charge in [0.15, 0.2) is 0 Å². The van der Waals surface area contributed by atoms with Crippen LogP contribution in [0.3, 0.4) is 0 Å². The molecule has 1 saturated heterocycles. The lowest BCUT2D eigenvalue weighted by Gasteiger charge is -2.34. The van der Waals surface area contributed by atoms with Gasteiger partial charge < -0.3 is 20.6 Å². The predicted octanol–water partition coefficient (Wildman–Crippen LogP) is 2.50. The highest BCUT2D eigenvalue weighted by Gasteiger charge is 2.21. The van der Waals surface area contributed by atoms with E-state index in [2.05, 4.69) is 29.4 Å². The molecule has 0 radical (unpaired) electrons. The van der Waals surface area contributed by atoms with Crippen molar-refractivity contribution in [2.45, 2.75) is 51.6 Å². The van der Waals surface area contributed by atoms with Gasteiger partial charge in [-0.15, -0.1) is 0 Å². The molecule has 128 valence electrons. The minimum absolute atomic E-state index is 0.0568. The van der Waals surface area contributed by atoms with E-state index in [-0.39, 0.29) is 11.8 Å². The van der Waals surface area contributed by atoms with Crippen LogP contribution in [0.1, 0.15) is 38.7 Å². The molecule has 1 aliphatic heterocycles. The predicted molar refractivity (Wildman–Crippen MR) is 92.7 cm³/mol. The fourth-order valence-corrected chi connectivity index (χ4v) is 2.95. The summed E-state index contributed by atoms with van der Waals surface area (Å²) in [7, 11) is 0. The van der Waals surface area contributed by atoms with E-state index >= 15 is 0 Å². The van der Waals surface area contributed by atoms with Gasteiger partial charge in [-0.05, 0) is 57.2 Å². The molecule has 0 unspecified atom stereocenters. The third kappa shape index (κ3) is 6.10. The molecule has 0 atom stereocenters. The maximum absolute atomic E-state index is 11.9. The number of carbonyl (C=O) groups excluding carboxylic acids is 1. The number of hydrogen-bond donors (Lipinski definition) is 3. The summed E-state index contributed by atoms with van der Waals surface area (Å²) < 4.78 is 0. The second-order valence-corrected chi connectivity index (χ2v) is 6.57. The van der Waals surface area contributed by atoms with Crippen molar-refractivity contribution in [3.63, 3.8) is 0 Å². The Morgan fingerprint density at radius 2 is 1.91 bits per heavy atom. The fourth-order valence-electron chi connectivity index (χ4n) is 2.95. The number of nitrogens with one attached hydrogen (secondary N) is 2. The molecule has 5 heteroatoms. The maximum atomic E-state index is 11.9. The number of phenolic OH excluding ortho intramolecular Hbond substituents is 1. The lowest BCUT2D eigenvalue weighted by molar-refractivity contribution is 0.161. The van der Waals surface area contributed by atoms with E-state index in [1.165, 1.54) is 5.56 Å². The first-order chi connectivity index (χ1) is 11.0. The first-order valence-electron chi connectivity index (χ1n) is 8.61. The highest BCUT2D eigenvalue weighted by Crippen LogP contribution is 2.13. The van der Waals surface area contributed by atoms with Crippen LogP contribution in [-0.2, 0) is 6.42 Å². The summed E-state index contributed by atoms with van der Waals surface area (Å²) in [6, 6.07) is 8.04. The summed E-state index contributed by atoms with van der Waals surface area (Å²) in [6.07, 6.45) is 3.84. The number of hydrogen-bond acceptors (Lipinski definition) is 3. The number of amides is 2. The Morgan fingerprint density at radius 3 is 2.52 bits per heavy atom. The van der Waals surface area contributed by atoms with Crippen LogP contribution in [-0.4, -0.2) is 47.8 Å². The molecule has 0 saturated carbocycles. The molecule has 0 aliphatic carbocycles. The zero-order chi connectivity index (χ0) is 16.7. The van der Waals surface area contributed by atoms with Crippen LogP contribution in [0.15, 0.2) is 24.3 Å². The zero-order valence-electron chi connectivity index (χ0n) is 14.2. The highest BCUT2D eigenvalue weighted by molar-refractivity contribution is 5.74. The molecule has 0 bridgehead atoms. The minimum Gasteiger partial charge on any atom is -0.508 e. The summed E-state index contributed by atoms with van der Waals surface area (Å²) >= 11 is 0. The Morgan fingerprint density at radius 1 is 1.26 bits per heavy atom. The van der Waals surface area contributed by atoms with Crippen LogP contribution >= 0.6 is 0 Å². The third-order valence-corrected chi connectivity index (χ3v) is 4.46. The number of aryl methyl sites for hydroxylation is 1. The average molecular weight is 319 g/mol. The quantitative estimate of drug-likeness (QED) is 0.706. The molecule has 5 nitrogen and oxygen atoms in total. The van der Waals surface area contributed by atoms with E-state index in [1.807, 2.05) is 12.1 Å². The molecule has 0 aromatic heterocycles. The van der Waals surface area contributed by atoms with Crippen molar-refractivity contribution < 1.29 is 9.90 Å². The number of aromatic hydroxyl groups is 1. The normalized spacial score (nSPS) is 16.5. The number of urea groups is 1. The summed E-state index contributed by atoms with van der Waals surface area (Å²) in [5.41, 5.74) is 1.17. The summed E-state index contributed by atoms with van der Waals surface area (Å²) in [5, 5.41) is 15.2. The molecule has 1 heterocycles. The van der Waals surface area contributed by atoms with Gasteiger partial charge in [0.1, 0.15) is 5.75 Å². The molecule has 2 amide bonds. The minimum atomic E-state index is -0.0568. The Kier molecular flexibility index (Phi) is 6.71. The smallest absolute Gasteiger partial charge is 0.315 e. The fraction of sp³-hybridized carbons (Fsp3) is 0.611. The first-order valence-corrected chi connectivity index (χ1v) is 8.61. The van der Waals surface area contributed by atoms with Crippen molar-refractivity contribution in [2.24, 2.45) is 0 Å². The maximum Gasteiger partial charge on any atom is 0.315 e. The molecule has 2 rings (SSSR count). The number of phenols is 1. The summed E-state index contributed by atoms with van der Waals surface area (Å²) in [5.74, 6) is 0.287.